The molecule has 0 aliphatic carbocycles. The van der Waals surface area contributed by atoms with Crippen LogP contribution in [0.1, 0.15) is 41.0 Å². The minimum atomic E-state index is -0.456. The lowest BCUT2D eigenvalue weighted by molar-refractivity contribution is 0.810. The normalized spacial score (nSPS) is 12.3. The van der Waals surface area contributed by atoms with E-state index in [9.17, 15) is 10.5 Å². The molecule has 0 aliphatic heterocycles. The van der Waals surface area contributed by atoms with Crippen LogP contribution in [-0.2, 0) is 0 Å². The Balaban J connectivity index is 1.50. The number of rotatable bonds is 10. The van der Waals surface area contributed by atoms with E-state index in [1.165, 1.54) is 22.7 Å². The Morgan fingerprint density at radius 3 is 1.34 bits per heavy atom. The molecule has 0 amide bonds. The molecule has 0 spiro atoms. The predicted molar refractivity (Wildman–Crippen MR) is 296 cm³/mol. The molecule has 4 aromatic heterocycles. The average molecular weight is 978 g/mol. The number of nitriles is 2. The van der Waals surface area contributed by atoms with Crippen LogP contribution in [0.4, 0.5) is 0 Å². The van der Waals surface area contributed by atoms with Crippen LogP contribution in [0.2, 0.25) is 10.0 Å². The molecule has 334 valence electrons. The second-order valence-electron chi connectivity index (χ2n) is 17.6. The molecule has 0 aliphatic rings. The summed E-state index contributed by atoms with van der Waals surface area (Å²) >= 11 is 16.1. The van der Waals surface area contributed by atoms with Crippen molar-refractivity contribution in [3.05, 3.63) is 224 Å². The van der Waals surface area contributed by atoms with Crippen LogP contribution in [0.3, 0.4) is 0 Å². The van der Waals surface area contributed by atoms with E-state index in [0.717, 1.165) is 75.6 Å². The van der Waals surface area contributed by atoms with E-state index in [0.29, 0.717) is 41.9 Å². The van der Waals surface area contributed by atoms with Crippen molar-refractivity contribution < 1.29 is 0 Å². The van der Waals surface area contributed by atoms with Gasteiger partial charge in [-0.2, -0.15) is 10.5 Å². The van der Waals surface area contributed by atoms with E-state index < -0.39 is 13.7 Å². The van der Waals surface area contributed by atoms with E-state index >= 15 is 0 Å². The monoisotopic (exact) mass is 976 g/mol. The van der Waals surface area contributed by atoms with Crippen molar-refractivity contribution in [3.63, 3.8) is 0 Å². The number of aryl methyl sites for hydroxylation is 1. The van der Waals surface area contributed by atoms with Crippen molar-refractivity contribution in [2.75, 3.05) is 0 Å². The van der Waals surface area contributed by atoms with Crippen molar-refractivity contribution in [1.29, 1.82) is 10.5 Å². The third-order valence-electron chi connectivity index (χ3n) is 12.9. The minimum Gasteiger partial charge on any atom is -0.378 e. The van der Waals surface area contributed by atoms with Crippen molar-refractivity contribution in [1.82, 2.24) is 18.9 Å². The summed E-state index contributed by atoms with van der Waals surface area (Å²) in [4.78, 5) is 10.4. The van der Waals surface area contributed by atoms with E-state index in [1.807, 2.05) is 60.7 Å². The van der Waals surface area contributed by atoms with Crippen LogP contribution in [0.5, 0.6) is 0 Å². The summed E-state index contributed by atoms with van der Waals surface area (Å²) in [7, 11) is 0. The zero-order valence-electron chi connectivity index (χ0n) is 38.3. The third-order valence-corrected chi connectivity index (χ3v) is 15.5. The first kappa shape index (κ1) is 45.0. The van der Waals surface area contributed by atoms with Crippen LogP contribution in [-0.4, -0.2) is 32.6 Å². The highest BCUT2D eigenvalue weighted by molar-refractivity contribution is 7.20. The first-order valence-electron chi connectivity index (χ1n) is 23.0. The molecule has 0 unspecified atom stereocenters. The molecule has 0 bridgehead atoms. The maximum Gasteiger partial charge on any atom is 0.328 e. The summed E-state index contributed by atoms with van der Waals surface area (Å²) in [6, 6.07) is 67.2. The summed E-state index contributed by atoms with van der Waals surface area (Å²) in [5.74, 6) is -0.152. The van der Waals surface area contributed by atoms with Gasteiger partial charge in [0.1, 0.15) is 33.3 Å². The van der Waals surface area contributed by atoms with Crippen molar-refractivity contribution in [2.24, 2.45) is 0 Å². The molecule has 70 heavy (non-hydrogen) atoms. The topological polar surface area (TPSA) is 83.2 Å². The Labute approximate surface area is 424 Å². The van der Waals surface area contributed by atoms with Crippen LogP contribution in [0.25, 0.3) is 53.6 Å². The second kappa shape index (κ2) is 18.8. The quantitative estimate of drug-likeness (QED) is 0.128. The zero-order valence-corrected chi connectivity index (χ0v) is 41.5. The van der Waals surface area contributed by atoms with Crippen LogP contribution < -0.4 is 32.5 Å². The molecular formula is C58H40B2Cl2N6S2. The van der Waals surface area contributed by atoms with Gasteiger partial charge in [0.15, 0.2) is 0 Å². The fraction of sp³-hybridized carbons (Fsp3) is 0.0690. The highest BCUT2D eigenvalue weighted by atomic mass is 35.5. The fourth-order valence-electron chi connectivity index (χ4n) is 10.1. The van der Waals surface area contributed by atoms with Crippen LogP contribution in [0, 0.1) is 29.6 Å². The highest BCUT2D eigenvalue weighted by Crippen LogP contribution is 2.38. The van der Waals surface area contributed by atoms with E-state index in [1.54, 1.807) is 0 Å². The number of nitrogens with zero attached hydrogens (tertiary/aromatic N) is 6. The molecule has 6 nitrogen and oxygen atoms in total. The second-order valence-corrected chi connectivity index (χ2v) is 20.5. The highest BCUT2D eigenvalue weighted by Gasteiger charge is 2.38. The van der Waals surface area contributed by atoms with Gasteiger partial charge in [-0.1, -0.05) is 204 Å². The molecule has 0 fully saturated rings. The molecule has 11 rings (SSSR count). The lowest BCUT2D eigenvalue weighted by Crippen LogP contribution is -2.54. The molecular weight excluding hydrogens is 937 g/mol. The van der Waals surface area contributed by atoms with E-state index in [2.05, 4.69) is 163 Å². The number of hydrogen-bond donors (Lipinski definition) is 0. The predicted octanol–water partition coefficient (Wildman–Crippen LogP) is 10.8. The lowest BCUT2D eigenvalue weighted by Gasteiger charge is -2.25. The largest absolute Gasteiger partial charge is 0.378 e. The average Bonchev–Trinajstić information content (AvgIpc) is 4.15. The number of fused-ring (bicyclic) bond motifs is 3. The molecule has 0 atom stereocenters. The molecule has 12 heteroatoms. The van der Waals surface area contributed by atoms with Gasteiger partial charge in [-0.25, -0.2) is 9.97 Å². The Morgan fingerprint density at radius 2 is 0.929 bits per heavy atom. The number of hydrogen-bond acceptors (Lipinski definition) is 6. The van der Waals surface area contributed by atoms with E-state index in [-0.39, 0.29) is 5.92 Å². The summed E-state index contributed by atoms with van der Waals surface area (Å²) in [5, 5.41) is 29.5. The lowest BCUT2D eigenvalue weighted by atomic mass is 9.50. The van der Waals surface area contributed by atoms with Crippen LogP contribution in [0.15, 0.2) is 182 Å². The van der Waals surface area contributed by atoms with Gasteiger partial charge in [-0.3, -0.25) is 0 Å². The zero-order chi connectivity index (χ0) is 48.0. The van der Waals surface area contributed by atoms with Crippen LogP contribution >= 0.6 is 45.9 Å². The van der Waals surface area contributed by atoms with Gasteiger partial charge in [0.2, 0.25) is 0 Å². The standard InChI is InChI=1S/C58H40B2Cl2N6S2/c1-36(2)53-51-52(56(46(35-64)58-66-48-31-29-43(62)33-50(48)70-58)67(53)59(38-19-8-4-9-20-38)39-21-10-5-11-22-39)54(44-27-17-16-18-37(44)3)68(60(40-23-12-6-13-24-40)41-25-14-7-15-26-41)55(51)45(34-63)57-65-47-30-28-42(61)32-49(47)69-57/h4-33,36H,1-3H3/b55-45-,56-46-. The van der Waals surface area contributed by atoms with Crippen molar-refractivity contribution >= 4 is 124 Å². The first-order chi connectivity index (χ1) is 34.2. The van der Waals surface area contributed by atoms with Gasteiger partial charge in [-0.05, 0) is 54.8 Å². The molecule has 11 aromatic rings. The Morgan fingerprint density at radius 1 is 0.529 bits per heavy atom. The van der Waals surface area contributed by atoms with Gasteiger partial charge >= 0.3 is 13.7 Å². The van der Waals surface area contributed by atoms with Crippen molar-refractivity contribution in [3.8, 4) is 23.4 Å². The SMILES string of the molecule is Cc1ccccc1-c1c2/c(=C(\C#N)c3nc4ccc(Cl)cc4s3)n(B(c3ccccc3)c3ccccc3)c(C(C)C)c2/c(=C(\C#N)c2nc3ccc(Cl)cc3s2)n1B(c1ccccc1)c1ccccc1. The molecule has 0 N–H and O–H groups in total. The smallest absolute Gasteiger partial charge is 0.328 e. The first-order valence-corrected chi connectivity index (χ1v) is 25.4. The maximum atomic E-state index is 12.0. The van der Waals surface area contributed by atoms with Gasteiger partial charge < -0.3 is 8.96 Å². The summed E-state index contributed by atoms with van der Waals surface area (Å²) in [6.45, 7) is 5.67. The Bertz CT molecular complexity index is 3820. The molecule has 4 heterocycles. The molecule has 0 saturated carbocycles. The third kappa shape index (κ3) is 7.84. The number of thiazole rings is 2. The Kier molecular flexibility index (Phi) is 12.1. The van der Waals surface area contributed by atoms with E-state index in [4.69, 9.17) is 33.2 Å². The van der Waals surface area contributed by atoms with Crippen molar-refractivity contribution in [2.45, 2.75) is 26.7 Å². The number of aromatic nitrogens is 4. The van der Waals surface area contributed by atoms with Gasteiger partial charge in [0.05, 0.1) is 31.1 Å². The molecule has 7 aromatic carbocycles. The Hall–Kier alpha value is -7.43. The summed E-state index contributed by atoms with van der Waals surface area (Å²) in [6.07, 6.45) is 0. The summed E-state index contributed by atoms with van der Waals surface area (Å²) < 4.78 is 6.51. The minimum absolute atomic E-state index is 0.152. The number of benzene rings is 7. The van der Waals surface area contributed by atoms with Gasteiger partial charge in [0.25, 0.3) is 0 Å². The van der Waals surface area contributed by atoms with Gasteiger partial charge in [0, 0.05) is 37.8 Å². The molecule has 0 saturated heterocycles. The van der Waals surface area contributed by atoms with Gasteiger partial charge in [-0.15, -0.1) is 22.7 Å². The molecule has 0 radical (unpaired) electrons. The summed E-state index contributed by atoms with van der Waals surface area (Å²) in [5.41, 5.74) is 10.3. The maximum absolute atomic E-state index is 12.0. The number of halogens is 2. The fourth-order valence-corrected chi connectivity index (χ4v) is 12.5.